The zero-order valence-electron chi connectivity index (χ0n) is 7.95. The third-order valence-corrected chi connectivity index (χ3v) is 0.843. The third-order valence-electron chi connectivity index (χ3n) is 0.843. The van der Waals surface area contributed by atoms with Crippen molar-refractivity contribution in [3.63, 3.8) is 0 Å². The summed E-state index contributed by atoms with van der Waals surface area (Å²) in [6.07, 6.45) is 0. The third kappa shape index (κ3) is 12.4. The number of aliphatic hydroxyl groups excluding tert-OH is 1. The van der Waals surface area contributed by atoms with Crippen molar-refractivity contribution in [3.05, 3.63) is 42.8 Å². The van der Waals surface area contributed by atoms with Crippen molar-refractivity contribution in [2.24, 2.45) is 0 Å². The van der Waals surface area contributed by atoms with Crippen LogP contribution in [0.4, 0.5) is 0 Å². The van der Waals surface area contributed by atoms with Crippen molar-refractivity contribution >= 4 is 0 Å². The molecule has 0 fully saturated rings. The van der Waals surface area contributed by atoms with Gasteiger partial charge in [-0.25, -0.2) is 0 Å². The molecule has 0 saturated carbocycles. The van der Waals surface area contributed by atoms with Crippen molar-refractivity contribution in [1.29, 1.82) is 0 Å². The Morgan fingerprint density at radius 2 is 1.33 bits per heavy atom. The van der Waals surface area contributed by atoms with Crippen LogP contribution in [0.1, 0.15) is 19.4 Å². The van der Waals surface area contributed by atoms with Gasteiger partial charge in [-0.05, 0) is 0 Å². The first-order valence-corrected chi connectivity index (χ1v) is 3.71. The number of benzene rings is 1. The molecule has 1 aromatic rings. The molecule has 2 heteroatoms. The normalized spacial score (nSPS) is 6.00. The molecule has 0 atom stereocenters. The summed E-state index contributed by atoms with van der Waals surface area (Å²) in [6.45, 7) is 7.72. The van der Waals surface area contributed by atoms with E-state index < -0.39 is 0 Å². The number of hydrogen-bond acceptors (Lipinski definition) is 1. The van der Waals surface area contributed by atoms with Gasteiger partial charge in [-0.2, -0.15) is 24.6 Å². The van der Waals surface area contributed by atoms with Crippen LogP contribution < -0.4 is 0 Å². The van der Waals surface area contributed by atoms with Gasteiger partial charge in [-0.15, -0.1) is 12.1 Å². The predicted octanol–water partition coefficient (Wildman–Crippen LogP) is 2.50. The molecule has 0 aliphatic heterocycles. The zero-order valence-corrected chi connectivity index (χ0v) is 10.9. The van der Waals surface area contributed by atoms with E-state index in [1.54, 1.807) is 0 Å². The fourth-order valence-corrected chi connectivity index (χ4v) is 0.478. The molecule has 0 aliphatic rings. The van der Waals surface area contributed by atoms with Crippen LogP contribution >= 0.6 is 0 Å². The second kappa shape index (κ2) is 17.0. The molecule has 1 aromatic carbocycles. The summed E-state index contributed by atoms with van der Waals surface area (Å²) in [5.41, 5.74) is 1.07. The molecule has 0 unspecified atom stereocenters. The van der Waals surface area contributed by atoms with E-state index >= 15 is 0 Å². The van der Waals surface area contributed by atoms with E-state index in [1.165, 1.54) is 0 Å². The van der Waals surface area contributed by atoms with Gasteiger partial charge in [0.15, 0.2) is 0 Å². The van der Waals surface area contributed by atoms with Crippen molar-refractivity contribution in [2.45, 2.75) is 13.8 Å². The van der Waals surface area contributed by atoms with Gasteiger partial charge in [0.1, 0.15) is 0 Å². The Balaban J connectivity index is -0.000000144. The monoisotopic (exact) mass is 337 g/mol. The molecule has 70 valence electrons. The van der Waals surface area contributed by atoms with Crippen LogP contribution in [0, 0.1) is 6.92 Å². The van der Waals surface area contributed by atoms with Crippen molar-refractivity contribution in [2.75, 3.05) is 7.11 Å². The second-order valence-corrected chi connectivity index (χ2v) is 1.49. The zero-order chi connectivity index (χ0) is 9.11. The molecular weight excluding hydrogens is 320 g/mol. The maximum Gasteiger partial charge on any atom is 0.0319 e. The smallest absolute Gasteiger partial charge is 0.0319 e. The fourth-order valence-electron chi connectivity index (χ4n) is 0.478. The van der Waals surface area contributed by atoms with E-state index in [0.29, 0.717) is 0 Å². The van der Waals surface area contributed by atoms with Crippen molar-refractivity contribution in [3.8, 4) is 0 Å². The van der Waals surface area contributed by atoms with Crippen LogP contribution in [0.2, 0.25) is 0 Å². The van der Waals surface area contributed by atoms with Gasteiger partial charge in [0.25, 0.3) is 0 Å². The molecule has 1 nitrogen and oxygen atoms in total. The molecule has 0 spiro atoms. The summed E-state index contributed by atoms with van der Waals surface area (Å²) in [5, 5.41) is 7.00. The van der Waals surface area contributed by atoms with Crippen LogP contribution in [0.5, 0.6) is 0 Å². The van der Waals surface area contributed by atoms with Crippen LogP contribution in [-0.2, 0) is 21.1 Å². The molecule has 0 heterocycles. The van der Waals surface area contributed by atoms with E-state index in [4.69, 9.17) is 5.11 Å². The summed E-state index contributed by atoms with van der Waals surface area (Å²) in [5.74, 6) is 0. The minimum atomic E-state index is 0. The summed E-state index contributed by atoms with van der Waals surface area (Å²) in [4.78, 5) is 0. The Bertz CT molecular complexity index is 140. The largest absolute Gasteiger partial charge is 0.400 e. The first kappa shape index (κ1) is 17.7. The van der Waals surface area contributed by atoms with Gasteiger partial charge in [0, 0.05) is 28.2 Å². The quantitative estimate of drug-likeness (QED) is 0.722. The molecule has 1 N–H and O–H groups in total. The molecule has 0 aliphatic carbocycles. The number of aliphatic hydroxyl groups is 1. The molecule has 1 rings (SSSR count). The Labute approximate surface area is 90.1 Å². The SMILES string of the molecule is CC.CO.[CH2-]c1ccccc1.[W]. The second-order valence-electron chi connectivity index (χ2n) is 1.49. The average Bonchev–Trinajstić information content (AvgIpc) is 2.13. The molecule has 0 saturated heterocycles. The minimum Gasteiger partial charge on any atom is -0.400 e. The standard InChI is InChI=1S/C7H7.C2H6.CH4O.W/c1-7-5-3-2-4-6-7;2*1-2;/h2-6H,1H2;1-2H3;2H,1H3;/q-1;;;. The first-order valence-electron chi connectivity index (χ1n) is 3.71. The average molecular weight is 337 g/mol. The van der Waals surface area contributed by atoms with Crippen molar-refractivity contribution < 1.29 is 26.2 Å². The number of rotatable bonds is 0. The van der Waals surface area contributed by atoms with Crippen LogP contribution in [-0.4, -0.2) is 12.2 Å². The maximum atomic E-state index is 7.00. The van der Waals surface area contributed by atoms with E-state index in [1.807, 2.05) is 44.2 Å². The topological polar surface area (TPSA) is 20.2 Å². The predicted molar refractivity (Wildman–Crippen MR) is 50.4 cm³/mol. The maximum absolute atomic E-state index is 7.00. The minimum absolute atomic E-state index is 0. The molecule has 0 radical (unpaired) electrons. The van der Waals surface area contributed by atoms with Gasteiger partial charge in [-0.3, -0.25) is 0 Å². The molecular formula is C10H17OW-. The fraction of sp³-hybridized carbons (Fsp3) is 0.300. The van der Waals surface area contributed by atoms with Crippen LogP contribution in [0.25, 0.3) is 0 Å². The Morgan fingerprint density at radius 3 is 1.50 bits per heavy atom. The molecule has 12 heavy (non-hydrogen) atoms. The van der Waals surface area contributed by atoms with E-state index in [0.717, 1.165) is 12.7 Å². The van der Waals surface area contributed by atoms with E-state index in [-0.39, 0.29) is 21.1 Å². The van der Waals surface area contributed by atoms with E-state index in [2.05, 4.69) is 6.92 Å². The van der Waals surface area contributed by atoms with E-state index in [9.17, 15) is 0 Å². The Hall–Kier alpha value is -0.262. The first-order chi connectivity index (χ1) is 5.39. The molecule has 0 amide bonds. The van der Waals surface area contributed by atoms with Gasteiger partial charge in [0.2, 0.25) is 0 Å². The summed E-state index contributed by atoms with van der Waals surface area (Å²) in [6, 6.07) is 9.87. The van der Waals surface area contributed by atoms with Crippen LogP contribution in [0.3, 0.4) is 0 Å². The summed E-state index contributed by atoms with van der Waals surface area (Å²) >= 11 is 0. The Kier molecular flexibility index (Phi) is 25.1. The van der Waals surface area contributed by atoms with Gasteiger partial charge in [-0.1, -0.05) is 19.9 Å². The molecule has 0 bridgehead atoms. The van der Waals surface area contributed by atoms with Gasteiger partial charge < -0.3 is 5.11 Å². The molecule has 0 aromatic heterocycles. The van der Waals surface area contributed by atoms with Gasteiger partial charge >= 0.3 is 0 Å². The summed E-state index contributed by atoms with van der Waals surface area (Å²) in [7, 11) is 1.00. The number of hydrogen-bond donors (Lipinski definition) is 1. The summed E-state index contributed by atoms with van der Waals surface area (Å²) < 4.78 is 0. The Morgan fingerprint density at radius 1 is 1.00 bits per heavy atom. The van der Waals surface area contributed by atoms with Crippen molar-refractivity contribution in [1.82, 2.24) is 0 Å². The van der Waals surface area contributed by atoms with Gasteiger partial charge in [0.05, 0.1) is 0 Å². The van der Waals surface area contributed by atoms with Crippen LogP contribution in [0.15, 0.2) is 30.3 Å².